The zero-order chi connectivity index (χ0) is 71.5. The summed E-state index contributed by atoms with van der Waals surface area (Å²) in [7, 11) is 0. The smallest absolute Gasteiger partial charge is 0.305 e. The third kappa shape index (κ3) is 64.4. The Balaban J connectivity index is 1.90. The Morgan fingerprint density at radius 2 is 0.687 bits per heavy atom. The first kappa shape index (κ1) is 94.1. The molecule has 11 nitrogen and oxygen atoms in total. The Labute approximate surface area is 611 Å². The molecule has 0 aromatic heterocycles. The van der Waals surface area contributed by atoms with Crippen LogP contribution >= 0.6 is 0 Å². The van der Waals surface area contributed by atoms with Crippen LogP contribution in [0.5, 0.6) is 0 Å². The van der Waals surface area contributed by atoms with Crippen molar-refractivity contribution in [1.29, 1.82) is 0 Å². The van der Waals surface area contributed by atoms with Crippen molar-refractivity contribution < 1.29 is 49.3 Å². The Morgan fingerprint density at radius 1 is 0.374 bits per heavy atom. The molecule has 1 saturated heterocycles. The molecule has 7 atom stereocenters. The molecule has 0 bridgehead atoms. The molecule has 1 aliphatic heterocycles. The first-order valence-electron chi connectivity index (χ1n) is 42.7. The Hall–Kier alpha value is -2.90. The monoisotopic (exact) mass is 1390 g/mol. The van der Waals surface area contributed by atoms with E-state index in [1.165, 1.54) is 315 Å². The molecule has 1 aliphatic rings. The third-order valence-electron chi connectivity index (χ3n) is 20.0. The van der Waals surface area contributed by atoms with E-state index in [4.69, 9.17) is 14.2 Å². The lowest BCUT2D eigenvalue weighted by Gasteiger charge is -2.40. The van der Waals surface area contributed by atoms with Crippen molar-refractivity contribution in [3.05, 3.63) is 72.9 Å². The van der Waals surface area contributed by atoms with Gasteiger partial charge in [-0.1, -0.05) is 363 Å². The standard InChI is InChI=1S/C88H161NO10/c1-3-5-7-9-11-13-15-17-19-20-45-48-52-56-60-64-68-72-76-84(93)97-77-73-69-65-61-57-53-49-46-43-41-39-37-35-33-31-29-27-25-23-21-22-24-26-28-30-32-34-36-38-40-42-44-47-51-55-59-63-67-71-75-83(92)89-80(79-98-88-87(96)86(95)85(94)82(78-90)99-88)81(91)74-70-66-62-58-54-50-18-16-14-12-10-8-6-4-2/h13,15,19-22,25,27,54,58,70,74,80-82,85-88,90-91,94-96H,3-12,14,16-18,23-24,26,28-53,55-57,59-69,71-73,75-79H2,1-2H3,(H,89,92)/b15-13-,20-19-,22-21-,27-25-,58-54+,74-70+. The molecule has 11 heteroatoms. The normalized spacial score (nSPS) is 17.5. The van der Waals surface area contributed by atoms with Crippen LogP contribution in [0, 0.1) is 0 Å². The number of amides is 1. The SMILES string of the molecule is CCCCCC/C=C\C/C=C\CCCCCCCCCC(=O)OCCCCCCCCCCCCCCCCC/C=C\C/C=C\CCCCCCCCCCCCCCCCCCCC(=O)NC(COC1OC(CO)C(O)C(O)C1O)C(O)/C=C/CC/C=C/CCCCCCCCCC. The number of aliphatic hydroxyl groups excluding tert-OH is 5. The van der Waals surface area contributed by atoms with E-state index in [1.807, 2.05) is 6.08 Å². The fourth-order valence-corrected chi connectivity index (χ4v) is 13.3. The summed E-state index contributed by atoms with van der Waals surface area (Å²) in [6.45, 7) is 4.35. The summed E-state index contributed by atoms with van der Waals surface area (Å²) in [6.07, 6.45) is 95.2. The number of ether oxygens (including phenoxy) is 3. The van der Waals surface area contributed by atoms with Gasteiger partial charge in [-0.3, -0.25) is 9.59 Å². The molecule has 0 radical (unpaired) electrons. The second-order valence-corrected chi connectivity index (χ2v) is 29.5. The highest BCUT2D eigenvalue weighted by molar-refractivity contribution is 5.76. The van der Waals surface area contributed by atoms with Gasteiger partial charge in [-0.15, -0.1) is 0 Å². The van der Waals surface area contributed by atoms with E-state index in [9.17, 15) is 35.1 Å². The van der Waals surface area contributed by atoms with Crippen LogP contribution in [0.3, 0.4) is 0 Å². The van der Waals surface area contributed by atoms with Gasteiger partial charge in [0.15, 0.2) is 6.29 Å². The molecule has 7 unspecified atom stereocenters. The molecule has 0 aromatic rings. The fourth-order valence-electron chi connectivity index (χ4n) is 13.3. The Morgan fingerprint density at radius 3 is 1.07 bits per heavy atom. The van der Waals surface area contributed by atoms with E-state index in [2.05, 4.69) is 79.9 Å². The largest absolute Gasteiger partial charge is 0.466 e. The van der Waals surface area contributed by atoms with Crippen molar-refractivity contribution in [3.63, 3.8) is 0 Å². The molecule has 99 heavy (non-hydrogen) atoms. The number of esters is 1. The number of carbonyl (C=O) groups excluding carboxylic acids is 2. The van der Waals surface area contributed by atoms with Gasteiger partial charge in [0, 0.05) is 12.8 Å². The maximum Gasteiger partial charge on any atom is 0.305 e. The Bertz CT molecular complexity index is 1880. The summed E-state index contributed by atoms with van der Waals surface area (Å²) in [5.74, 6) is -0.180. The van der Waals surface area contributed by atoms with Gasteiger partial charge in [0.25, 0.3) is 0 Å². The number of rotatable bonds is 76. The summed E-state index contributed by atoms with van der Waals surface area (Å²) in [6, 6.07) is -0.827. The molecule has 1 fully saturated rings. The van der Waals surface area contributed by atoms with Gasteiger partial charge in [-0.25, -0.2) is 0 Å². The van der Waals surface area contributed by atoms with Gasteiger partial charge in [0.2, 0.25) is 5.91 Å². The maximum absolute atomic E-state index is 13.1. The average molecular weight is 1390 g/mol. The molecule has 0 aromatic carbocycles. The van der Waals surface area contributed by atoms with Gasteiger partial charge in [0.05, 0.1) is 32.0 Å². The maximum atomic E-state index is 13.1. The lowest BCUT2D eigenvalue weighted by Crippen LogP contribution is -2.60. The molecule has 1 amide bonds. The fraction of sp³-hybridized carbons (Fsp3) is 0.841. The lowest BCUT2D eigenvalue weighted by molar-refractivity contribution is -0.302. The van der Waals surface area contributed by atoms with E-state index in [0.717, 1.165) is 70.6 Å². The lowest BCUT2D eigenvalue weighted by atomic mass is 9.99. The van der Waals surface area contributed by atoms with Crippen LogP contribution in [-0.2, 0) is 23.8 Å². The minimum atomic E-state index is -1.58. The van der Waals surface area contributed by atoms with E-state index in [1.54, 1.807) is 6.08 Å². The number of aliphatic hydroxyl groups is 5. The molecule has 6 N–H and O–H groups in total. The van der Waals surface area contributed by atoms with Crippen molar-refractivity contribution in [2.24, 2.45) is 0 Å². The van der Waals surface area contributed by atoms with Crippen LogP contribution in [0.2, 0.25) is 0 Å². The molecule has 0 aliphatic carbocycles. The minimum absolute atomic E-state index is 0.00728. The third-order valence-corrected chi connectivity index (χ3v) is 20.0. The van der Waals surface area contributed by atoms with Gasteiger partial charge >= 0.3 is 5.97 Å². The summed E-state index contributed by atoms with van der Waals surface area (Å²) < 4.78 is 16.8. The number of unbranched alkanes of at least 4 members (excludes halogenated alkanes) is 52. The summed E-state index contributed by atoms with van der Waals surface area (Å²) in [5, 5.41) is 54.6. The topological polar surface area (TPSA) is 175 Å². The van der Waals surface area contributed by atoms with E-state index < -0.39 is 49.5 Å². The number of allylic oxidation sites excluding steroid dienone is 11. The van der Waals surface area contributed by atoms with Gasteiger partial charge in [-0.05, 0) is 109 Å². The van der Waals surface area contributed by atoms with Crippen molar-refractivity contribution in [3.8, 4) is 0 Å². The predicted molar refractivity (Wildman–Crippen MR) is 421 cm³/mol. The molecule has 1 rings (SSSR count). The number of hydrogen-bond acceptors (Lipinski definition) is 10. The predicted octanol–water partition coefficient (Wildman–Crippen LogP) is 23.8. The van der Waals surface area contributed by atoms with E-state index >= 15 is 0 Å². The van der Waals surface area contributed by atoms with Crippen molar-refractivity contribution in [2.75, 3.05) is 19.8 Å². The zero-order valence-corrected chi connectivity index (χ0v) is 64.7. The minimum Gasteiger partial charge on any atom is -0.466 e. The van der Waals surface area contributed by atoms with Gasteiger partial charge in [0.1, 0.15) is 24.4 Å². The van der Waals surface area contributed by atoms with Crippen LogP contribution in [0.4, 0.5) is 0 Å². The molecule has 1 heterocycles. The molecular formula is C88H161NO10. The van der Waals surface area contributed by atoms with E-state index in [0.29, 0.717) is 19.4 Å². The molecule has 578 valence electrons. The highest BCUT2D eigenvalue weighted by Crippen LogP contribution is 2.24. The van der Waals surface area contributed by atoms with Crippen LogP contribution in [-0.4, -0.2) is 100 Å². The first-order chi connectivity index (χ1) is 48.7. The Kier molecular flexibility index (Phi) is 72.5. The van der Waals surface area contributed by atoms with Crippen molar-refractivity contribution in [2.45, 2.75) is 455 Å². The molecule has 0 spiro atoms. The average Bonchev–Trinajstić information content (AvgIpc) is 0.826. The van der Waals surface area contributed by atoms with E-state index in [-0.39, 0.29) is 18.5 Å². The van der Waals surface area contributed by atoms with Crippen LogP contribution < -0.4 is 5.32 Å². The van der Waals surface area contributed by atoms with Gasteiger partial charge in [-0.2, -0.15) is 0 Å². The second kappa shape index (κ2) is 76.2. The van der Waals surface area contributed by atoms with Gasteiger partial charge < -0.3 is 45.1 Å². The number of carbonyl (C=O) groups is 2. The molecular weight excluding hydrogens is 1230 g/mol. The number of hydrogen-bond donors (Lipinski definition) is 6. The second-order valence-electron chi connectivity index (χ2n) is 29.5. The summed E-state index contributed by atoms with van der Waals surface area (Å²) in [4.78, 5) is 25.2. The van der Waals surface area contributed by atoms with Crippen molar-refractivity contribution >= 4 is 11.9 Å². The van der Waals surface area contributed by atoms with Crippen LogP contribution in [0.15, 0.2) is 72.9 Å². The van der Waals surface area contributed by atoms with Crippen LogP contribution in [0.25, 0.3) is 0 Å². The highest BCUT2D eigenvalue weighted by atomic mass is 16.7. The van der Waals surface area contributed by atoms with Crippen LogP contribution in [0.1, 0.15) is 412 Å². The summed E-state index contributed by atoms with van der Waals surface area (Å²) >= 11 is 0. The first-order valence-corrected chi connectivity index (χ1v) is 42.7. The summed E-state index contributed by atoms with van der Waals surface area (Å²) in [5.41, 5.74) is 0. The quantitative estimate of drug-likeness (QED) is 0.0195. The number of nitrogens with one attached hydrogen (secondary N) is 1. The molecule has 0 saturated carbocycles. The zero-order valence-electron chi connectivity index (χ0n) is 64.7. The highest BCUT2D eigenvalue weighted by Gasteiger charge is 2.44. The van der Waals surface area contributed by atoms with Crippen molar-refractivity contribution in [1.82, 2.24) is 5.32 Å².